The van der Waals surface area contributed by atoms with Crippen molar-refractivity contribution in [3.63, 3.8) is 0 Å². The number of aliphatic imine (C=N–C) groups is 1. The van der Waals surface area contributed by atoms with Crippen LogP contribution in [-0.4, -0.2) is 51.5 Å². The van der Waals surface area contributed by atoms with Gasteiger partial charge in [-0.05, 0) is 60.9 Å². The number of benzene rings is 2. The fraction of sp³-hybridized carbons (Fsp3) is 0.360. The lowest BCUT2D eigenvalue weighted by Gasteiger charge is -2.57. The fourth-order valence-electron chi connectivity index (χ4n) is 4.31. The normalized spacial score (nSPS) is 20.9. The highest BCUT2D eigenvalue weighted by Crippen LogP contribution is 2.32. The highest BCUT2D eigenvalue weighted by molar-refractivity contribution is 6.09. The van der Waals surface area contributed by atoms with Crippen LogP contribution in [-0.2, 0) is 0 Å². The van der Waals surface area contributed by atoms with Gasteiger partial charge in [-0.3, -0.25) is 9.79 Å². The average molecular weight is 434 g/mol. The molecule has 2 fully saturated rings. The van der Waals surface area contributed by atoms with E-state index in [4.69, 9.17) is 10.5 Å². The summed E-state index contributed by atoms with van der Waals surface area (Å²) < 4.78 is 5.48. The molecule has 0 aliphatic carbocycles. The molecule has 1 amide bonds. The van der Waals surface area contributed by atoms with E-state index in [0.717, 1.165) is 41.0 Å². The minimum atomic E-state index is -0.221. The van der Waals surface area contributed by atoms with Crippen LogP contribution in [0.15, 0.2) is 47.6 Å². The Morgan fingerprint density at radius 3 is 2.75 bits per heavy atom. The molecule has 32 heavy (non-hydrogen) atoms. The van der Waals surface area contributed by atoms with Gasteiger partial charge in [-0.1, -0.05) is 6.07 Å². The molecule has 2 aromatic carbocycles. The number of allylic oxidation sites excluding steroid dienone is 1. The summed E-state index contributed by atoms with van der Waals surface area (Å²) in [7, 11) is 3.32. The van der Waals surface area contributed by atoms with E-state index in [9.17, 15) is 4.79 Å². The first kappa shape index (κ1) is 21.9. The number of anilines is 1. The third kappa shape index (κ3) is 4.08. The molecule has 2 aliphatic heterocycles. The van der Waals surface area contributed by atoms with Crippen molar-refractivity contribution < 1.29 is 9.53 Å². The number of carbonyl (C=O) groups excluding carboxylic acids is 1. The minimum absolute atomic E-state index is 0.0882. The van der Waals surface area contributed by atoms with Crippen molar-refractivity contribution in [1.82, 2.24) is 10.6 Å². The molecule has 0 bridgehead atoms. The molecule has 1 unspecified atom stereocenters. The number of nitrogens with one attached hydrogen (secondary N) is 2. The van der Waals surface area contributed by atoms with Crippen LogP contribution in [0.1, 0.15) is 40.0 Å². The molecule has 0 aromatic heterocycles. The smallest absolute Gasteiger partial charge is 0.252 e. The molecular weight excluding hydrogens is 402 g/mol. The quantitative estimate of drug-likeness (QED) is 0.584. The Hall–Kier alpha value is -3.32. The number of carbonyl (C=O) groups is 1. The first-order valence-electron chi connectivity index (χ1n) is 10.9. The molecule has 7 heteroatoms. The highest BCUT2D eigenvalue weighted by Gasteiger charge is 2.45. The number of amides is 1. The number of hydrogen-bond acceptors (Lipinski definition) is 6. The molecular formula is C25H31N5O2. The maximum Gasteiger partial charge on any atom is 0.252 e. The van der Waals surface area contributed by atoms with Crippen LogP contribution in [0.4, 0.5) is 5.69 Å². The number of piperazine rings is 1. The van der Waals surface area contributed by atoms with E-state index in [0.29, 0.717) is 23.4 Å². The summed E-state index contributed by atoms with van der Waals surface area (Å²) in [5.74, 6) is 0.608. The number of fused-ring (bicyclic) bond motifs is 1. The van der Waals surface area contributed by atoms with Crippen molar-refractivity contribution in [2.24, 2.45) is 10.7 Å². The molecule has 7 nitrogen and oxygen atoms in total. The first-order valence-corrected chi connectivity index (χ1v) is 10.9. The Kier molecular flexibility index (Phi) is 6.19. The maximum absolute atomic E-state index is 13.2. The molecule has 4 rings (SSSR count). The number of aryl methyl sites for hydroxylation is 1. The Morgan fingerprint density at radius 1 is 1.34 bits per heavy atom. The Balaban J connectivity index is 1.55. The lowest BCUT2D eigenvalue weighted by Crippen LogP contribution is -2.78. The van der Waals surface area contributed by atoms with Gasteiger partial charge in [0.25, 0.3) is 5.91 Å². The molecule has 2 aromatic rings. The number of rotatable bonds is 7. The topological polar surface area (TPSA) is 92.0 Å². The lowest BCUT2D eigenvalue weighted by molar-refractivity contribution is 0.0939. The summed E-state index contributed by atoms with van der Waals surface area (Å²) in [5, 5.41) is 6.57. The van der Waals surface area contributed by atoms with Crippen LogP contribution in [0.25, 0.3) is 5.57 Å². The van der Waals surface area contributed by atoms with Gasteiger partial charge in [0.05, 0.1) is 19.2 Å². The van der Waals surface area contributed by atoms with Crippen LogP contribution in [0.3, 0.4) is 0 Å². The van der Waals surface area contributed by atoms with Crippen molar-refractivity contribution in [2.45, 2.75) is 32.0 Å². The monoisotopic (exact) mass is 433 g/mol. The van der Waals surface area contributed by atoms with E-state index < -0.39 is 0 Å². The predicted molar refractivity (Wildman–Crippen MR) is 130 cm³/mol. The third-order valence-electron chi connectivity index (χ3n) is 6.44. The first-order chi connectivity index (χ1) is 15.4. The van der Waals surface area contributed by atoms with Gasteiger partial charge in [-0.15, -0.1) is 0 Å². The zero-order valence-electron chi connectivity index (χ0n) is 19.1. The van der Waals surface area contributed by atoms with E-state index >= 15 is 0 Å². The van der Waals surface area contributed by atoms with Gasteiger partial charge in [0.15, 0.2) is 0 Å². The molecule has 3 atom stereocenters. The summed E-state index contributed by atoms with van der Waals surface area (Å²) in [5.41, 5.74) is 11.2. The lowest BCUT2D eigenvalue weighted by atomic mass is 9.87. The predicted octanol–water partition coefficient (Wildman–Crippen LogP) is 2.66. The summed E-state index contributed by atoms with van der Waals surface area (Å²) in [6, 6.07) is 12.9. The van der Waals surface area contributed by atoms with E-state index in [1.54, 1.807) is 20.4 Å². The zero-order valence-corrected chi connectivity index (χ0v) is 19.1. The molecule has 2 aliphatic rings. The number of hydrogen-bond donors (Lipinski definition) is 3. The summed E-state index contributed by atoms with van der Waals surface area (Å²) in [4.78, 5) is 19.6. The SMILES string of the molecule is CN=C/C(=C\N)c1cc(OC)cc([C@@H](C)NC(=O)c2cc(N3C[C@@H]4NCC43)ccc2C)c1. The van der Waals surface area contributed by atoms with Gasteiger partial charge in [0.2, 0.25) is 0 Å². The van der Waals surface area contributed by atoms with Crippen molar-refractivity contribution >= 4 is 23.4 Å². The number of nitrogens with zero attached hydrogens (tertiary/aromatic N) is 2. The molecule has 0 saturated carbocycles. The van der Waals surface area contributed by atoms with Gasteiger partial charge in [0, 0.05) is 55.4 Å². The maximum atomic E-state index is 13.2. The standard InChI is InChI=1S/C25H31N5O2/c1-15-5-6-20(30-14-23-24(30)13-28-23)10-22(15)25(31)29-16(2)17-7-18(9-21(8-17)32-4)19(11-26)12-27-3/h5-12,16,23-24,28H,13-14,26H2,1-4H3,(H,29,31)/b19-11+,27-12?/t16-,23+,24?/m1/s1. The molecule has 0 radical (unpaired) electrons. The Morgan fingerprint density at radius 2 is 2.16 bits per heavy atom. The molecule has 0 spiro atoms. The van der Waals surface area contributed by atoms with Crippen LogP contribution in [0.5, 0.6) is 5.75 Å². The number of methoxy groups -OCH3 is 1. The van der Waals surface area contributed by atoms with Gasteiger partial charge in [0.1, 0.15) is 5.75 Å². The largest absolute Gasteiger partial charge is 0.497 e. The van der Waals surface area contributed by atoms with Crippen LogP contribution >= 0.6 is 0 Å². The van der Waals surface area contributed by atoms with Gasteiger partial charge in [-0.2, -0.15) is 0 Å². The van der Waals surface area contributed by atoms with Crippen molar-refractivity contribution in [3.8, 4) is 5.75 Å². The molecule has 2 saturated heterocycles. The Bertz CT molecular complexity index is 1080. The second-order valence-electron chi connectivity index (χ2n) is 8.43. The number of nitrogens with two attached hydrogens (primary N) is 1. The van der Waals surface area contributed by atoms with Crippen molar-refractivity contribution in [1.29, 1.82) is 0 Å². The van der Waals surface area contributed by atoms with Gasteiger partial charge in [-0.25, -0.2) is 0 Å². The van der Waals surface area contributed by atoms with Crippen molar-refractivity contribution in [3.05, 3.63) is 64.9 Å². The van der Waals surface area contributed by atoms with Crippen LogP contribution < -0.4 is 26.0 Å². The second kappa shape index (κ2) is 9.04. The zero-order chi connectivity index (χ0) is 22.8. The van der Waals surface area contributed by atoms with Crippen LogP contribution in [0, 0.1) is 6.92 Å². The summed E-state index contributed by atoms with van der Waals surface area (Å²) in [6.07, 6.45) is 3.22. The van der Waals surface area contributed by atoms with E-state index in [2.05, 4.69) is 26.6 Å². The summed E-state index contributed by atoms with van der Waals surface area (Å²) in [6.45, 7) is 5.95. The molecule has 168 valence electrons. The van der Waals surface area contributed by atoms with E-state index in [1.165, 1.54) is 6.20 Å². The van der Waals surface area contributed by atoms with Crippen LogP contribution in [0.2, 0.25) is 0 Å². The van der Waals surface area contributed by atoms with Gasteiger partial charge >= 0.3 is 0 Å². The summed E-state index contributed by atoms with van der Waals surface area (Å²) >= 11 is 0. The van der Waals surface area contributed by atoms with Crippen molar-refractivity contribution in [2.75, 3.05) is 32.1 Å². The fourth-order valence-corrected chi connectivity index (χ4v) is 4.31. The second-order valence-corrected chi connectivity index (χ2v) is 8.43. The third-order valence-corrected chi connectivity index (χ3v) is 6.44. The van der Waals surface area contributed by atoms with E-state index in [-0.39, 0.29) is 11.9 Å². The average Bonchev–Trinajstić information content (AvgIpc) is 2.79. The highest BCUT2D eigenvalue weighted by atomic mass is 16.5. The minimum Gasteiger partial charge on any atom is -0.497 e. The number of ether oxygens (including phenoxy) is 1. The molecule has 4 N–H and O–H groups in total. The Labute approximate surface area is 189 Å². The molecule has 2 heterocycles. The van der Waals surface area contributed by atoms with E-state index in [1.807, 2.05) is 44.2 Å². The van der Waals surface area contributed by atoms with Gasteiger partial charge < -0.3 is 26.0 Å².